The first-order valence-electron chi connectivity index (χ1n) is 7.43. The smallest absolute Gasteiger partial charge is 0.227 e. The van der Waals surface area contributed by atoms with Crippen molar-refractivity contribution in [2.24, 2.45) is 0 Å². The molecule has 0 saturated carbocycles. The second-order valence-electron chi connectivity index (χ2n) is 5.02. The second kappa shape index (κ2) is 6.43. The molecule has 1 aromatic heterocycles. The summed E-state index contributed by atoms with van der Waals surface area (Å²) in [4.78, 5) is 11.2. The minimum absolute atomic E-state index is 0.678. The molecule has 5 nitrogen and oxygen atoms in total. The maximum atomic E-state index is 5.44. The fourth-order valence-electron chi connectivity index (χ4n) is 2.44. The van der Waals surface area contributed by atoms with Crippen LogP contribution in [0.1, 0.15) is 19.8 Å². The Morgan fingerprint density at radius 1 is 1.14 bits per heavy atom. The summed E-state index contributed by atoms with van der Waals surface area (Å²) >= 11 is 0. The van der Waals surface area contributed by atoms with Gasteiger partial charge in [0.1, 0.15) is 11.6 Å². The first kappa shape index (κ1) is 13.7. The van der Waals surface area contributed by atoms with Crippen LogP contribution in [0.15, 0.2) is 36.5 Å². The fourth-order valence-corrected chi connectivity index (χ4v) is 2.44. The van der Waals surface area contributed by atoms with Crippen LogP contribution in [0.25, 0.3) is 0 Å². The van der Waals surface area contributed by atoms with Gasteiger partial charge in [-0.3, -0.25) is 0 Å². The molecule has 0 amide bonds. The lowest BCUT2D eigenvalue weighted by atomic mass is 10.3. The first-order chi connectivity index (χ1) is 10.3. The Labute approximate surface area is 125 Å². The molecule has 1 aliphatic rings. The molecule has 1 saturated heterocycles. The number of rotatable bonds is 5. The van der Waals surface area contributed by atoms with Crippen molar-refractivity contribution in [3.05, 3.63) is 36.5 Å². The monoisotopic (exact) mass is 284 g/mol. The topological polar surface area (TPSA) is 50.3 Å². The predicted molar refractivity (Wildman–Crippen MR) is 84.4 cm³/mol. The van der Waals surface area contributed by atoms with Crippen molar-refractivity contribution in [2.75, 3.05) is 29.9 Å². The van der Waals surface area contributed by atoms with E-state index in [-0.39, 0.29) is 0 Å². The number of nitrogens with one attached hydrogen (secondary N) is 1. The van der Waals surface area contributed by atoms with Crippen molar-refractivity contribution in [1.82, 2.24) is 9.97 Å². The molecule has 1 N–H and O–H groups in total. The summed E-state index contributed by atoms with van der Waals surface area (Å²) in [7, 11) is 0. The largest absolute Gasteiger partial charge is 0.494 e. The Morgan fingerprint density at radius 3 is 2.62 bits per heavy atom. The third-order valence-corrected chi connectivity index (χ3v) is 3.47. The quantitative estimate of drug-likeness (QED) is 0.913. The number of nitrogens with zero attached hydrogens (tertiary/aromatic N) is 3. The Hall–Kier alpha value is -2.30. The zero-order chi connectivity index (χ0) is 14.5. The van der Waals surface area contributed by atoms with Crippen LogP contribution in [0.5, 0.6) is 5.75 Å². The van der Waals surface area contributed by atoms with Crippen molar-refractivity contribution in [1.29, 1.82) is 0 Å². The lowest BCUT2D eigenvalue weighted by Gasteiger charge is -2.15. The lowest BCUT2D eigenvalue weighted by Crippen LogP contribution is -2.20. The molecule has 1 aromatic carbocycles. The van der Waals surface area contributed by atoms with Crippen LogP contribution in [0.3, 0.4) is 0 Å². The molecular formula is C16H20N4O. The fraction of sp³-hybridized carbons (Fsp3) is 0.375. The maximum absolute atomic E-state index is 5.44. The van der Waals surface area contributed by atoms with Crippen molar-refractivity contribution >= 4 is 17.5 Å². The molecule has 0 aliphatic carbocycles. The van der Waals surface area contributed by atoms with Gasteiger partial charge in [-0.2, -0.15) is 4.98 Å². The van der Waals surface area contributed by atoms with Crippen LogP contribution in [0.2, 0.25) is 0 Å². The SMILES string of the molecule is CCOc1ccc(Nc2ccnc(N3CCCC3)n2)cc1. The summed E-state index contributed by atoms with van der Waals surface area (Å²) in [5.74, 6) is 2.50. The molecule has 0 unspecified atom stereocenters. The van der Waals surface area contributed by atoms with Crippen molar-refractivity contribution in [3.63, 3.8) is 0 Å². The van der Waals surface area contributed by atoms with Gasteiger partial charge in [-0.05, 0) is 50.1 Å². The van der Waals surface area contributed by atoms with Crippen LogP contribution < -0.4 is 15.0 Å². The summed E-state index contributed by atoms with van der Waals surface area (Å²) in [5, 5.41) is 3.30. The molecule has 5 heteroatoms. The molecule has 0 spiro atoms. The average molecular weight is 284 g/mol. The van der Waals surface area contributed by atoms with E-state index in [9.17, 15) is 0 Å². The van der Waals surface area contributed by atoms with Crippen LogP contribution >= 0.6 is 0 Å². The Morgan fingerprint density at radius 2 is 1.90 bits per heavy atom. The summed E-state index contributed by atoms with van der Waals surface area (Å²) < 4.78 is 5.44. The molecule has 21 heavy (non-hydrogen) atoms. The van der Waals surface area contributed by atoms with Gasteiger partial charge < -0.3 is 15.0 Å². The first-order valence-corrected chi connectivity index (χ1v) is 7.43. The molecule has 1 aliphatic heterocycles. The van der Waals surface area contributed by atoms with E-state index in [1.165, 1.54) is 12.8 Å². The second-order valence-corrected chi connectivity index (χ2v) is 5.02. The van der Waals surface area contributed by atoms with E-state index in [4.69, 9.17) is 4.74 Å². The summed E-state index contributed by atoms with van der Waals surface area (Å²) in [5.41, 5.74) is 0.990. The van der Waals surface area contributed by atoms with Gasteiger partial charge in [-0.25, -0.2) is 4.98 Å². The minimum Gasteiger partial charge on any atom is -0.494 e. The van der Waals surface area contributed by atoms with Gasteiger partial charge in [0.25, 0.3) is 0 Å². The standard InChI is InChI=1S/C16H20N4O/c1-2-21-14-7-5-13(6-8-14)18-15-9-10-17-16(19-15)20-11-3-4-12-20/h5-10H,2-4,11-12H2,1H3,(H,17,18,19). The highest BCUT2D eigenvalue weighted by molar-refractivity contribution is 5.58. The molecule has 0 atom stereocenters. The van der Waals surface area contributed by atoms with Crippen molar-refractivity contribution in [3.8, 4) is 5.75 Å². The van der Waals surface area contributed by atoms with Gasteiger partial charge in [0.05, 0.1) is 6.61 Å². The van der Waals surface area contributed by atoms with E-state index in [0.29, 0.717) is 6.61 Å². The molecule has 3 rings (SSSR count). The molecule has 0 radical (unpaired) electrons. The maximum Gasteiger partial charge on any atom is 0.227 e. The van der Waals surface area contributed by atoms with Gasteiger partial charge in [-0.1, -0.05) is 0 Å². The Bertz CT molecular complexity index is 579. The lowest BCUT2D eigenvalue weighted by molar-refractivity contribution is 0.340. The highest BCUT2D eigenvalue weighted by Gasteiger charge is 2.14. The summed E-state index contributed by atoms with van der Waals surface area (Å²) in [6.07, 6.45) is 4.25. The van der Waals surface area contributed by atoms with Crippen molar-refractivity contribution < 1.29 is 4.74 Å². The van der Waals surface area contributed by atoms with Crippen LogP contribution in [0.4, 0.5) is 17.5 Å². The summed E-state index contributed by atoms with van der Waals surface area (Å²) in [6.45, 7) is 4.75. The van der Waals surface area contributed by atoms with Gasteiger partial charge in [0.15, 0.2) is 0 Å². The van der Waals surface area contributed by atoms with E-state index in [1.807, 2.05) is 37.3 Å². The normalized spacial score (nSPS) is 14.2. The number of benzene rings is 1. The van der Waals surface area contributed by atoms with E-state index in [2.05, 4.69) is 20.2 Å². The molecule has 2 heterocycles. The van der Waals surface area contributed by atoms with Gasteiger partial charge in [0.2, 0.25) is 5.95 Å². The van der Waals surface area contributed by atoms with Gasteiger partial charge in [-0.15, -0.1) is 0 Å². The molecule has 110 valence electrons. The number of anilines is 3. The average Bonchev–Trinajstić information content (AvgIpc) is 3.04. The van der Waals surface area contributed by atoms with E-state index in [1.54, 1.807) is 6.20 Å². The molecule has 2 aromatic rings. The minimum atomic E-state index is 0.678. The highest BCUT2D eigenvalue weighted by atomic mass is 16.5. The number of hydrogen-bond donors (Lipinski definition) is 1. The van der Waals surface area contributed by atoms with E-state index < -0.39 is 0 Å². The molecule has 0 bridgehead atoms. The van der Waals surface area contributed by atoms with Crippen LogP contribution in [-0.4, -0.2) is 29.7 Å². The van der Waals surface area contributed by atoms with E-state index >= 15 is 0 Å². The summed E-state index contributed by atoms with van der Waals surface area (Å²) in [6, 6.07) is 9.77. The zero-order valence-corrected chi connectivity index (χ0v) is 12.2. The van der Waals surface area contributed by atoms with Gasteiger partial charge >= 0.3 is 0 Å². The van der Waals surface area contributed by atoms with E-state index in [0.717, 1.165) is 36.3 Å². The number of aromatic nitrogens is 2. The third-order valence-electron chi connectivity index (χ3n) is 3.47. The Kier molecular flexibility index (Phi) is 4.19. The Balaban J connectivity index is 1.70. The van der Waals surface area contributed by atoms with Crippen LogP contribution in [-0.2, 0) is 0 Å². The molecule has 1 fully saturated rings. The number of ether oxygens (including phenoxy) is 1. The predicted octanol–water partition coefficient (Wildman–Crippen LogP) is 3.22. The molecular weight excluding hydrogens is 264 g/mol. The third kappa shape index (κ3) is 3.42. The number of hydrogen-bond acceptors (Lipinski definition) is 5. The zero-order valence-electron chi connectivity index (χ0n) is 12.2. The highest BCUT2D eigenvalue weighted by Crippen LogP contribution is 2.21. The van der Waals surface area contributed by atoms with Crippen LogP contribution in [0, 0.1) is 0 Å². The van der Waals surface area contributed by atoms with Gasteiger partial charge in [0, 0.05) is 25.0 Å². The van der Waals surface area contributed by atoms with Crippen molar-refractivity contribution in [2.45, 2.75) is 19.8 Å².